The fourth-order valence-corrected chi connectivity index (χ4v) is 1.24. The van der Waals surface area contributed by atoms with Crippen molar-refractivity contribution < 1.29 is 4.39 Å². The zero-order chi connectivity index (χ0) is 10.0. The normalized spacial score (nSPS) is 12.9. The molecule has 1 aromatic carbocycles. The lowest BCUT2D eigenvalue weighted by Gasteiger charge is -2.12. The summed E-state index contributed by atoms with van der Waals surface area (Å²) in [5.41, 5.74) is 6.24. The van der Waals surface area contributed by atoms with Crippen molar-refractivity contribution in [2.75, 3.05) is 12.8 Å². The van der Waals surface area contributed by atoms with Crippen LogP contribution in [0.15, 0.2) is 12.1 Å². The van der Waals surface area contributed by atoms with Gasteiger partial charge in [0.2, 0.25) is 0 Å². The van der Waals surface area contributed by atoms with Gasteiger partial charge in [0.25, 0.3) is 0 Å². The number of nitrogens with one attached hydrogen (secondary N) is 1. The van der Waals surface area contributed by atoms with Crippen molar-refractivity contribution in [2.45, 2.75) is 13.0 Å². The van der Waals surface area contributed by atoms with Gasteiger partial charge in [-0.3, -0.25) is 0 Å². The van der Waals surface area contributed by atoms with E-state index in [9.17, 15) is 4.39 Å². The average molecular weight is 203 g/mol. The van der Waals surface area contributed by atoms with E-state index >= 15 is 0 Å². The van der Waals surface area contributed by atoms with Gasteiger partial charge in [-0.1, -0.05) is 11.6 Å². The molecule has 3 N–H and O–H groups in total. The molecule has 1 atom stereocenters. The Hall–Kier alpha value is -0.800. The number of anilines is 1. The highest BCUT2D eigenvalue weighted by Gasteiger charge is 2.11. The van der Waals surface area contributed by atoms with E-state index in [4.69, 9.17) is 17.3 Å². The maximum Gasteiger partial charge on any atom is 0.130 e. The van der Waals surface area contributed by atoms with Crippen LogP contribution in [0.5, 0.6) is 0 Å². The van der Waals surface area contributed by atoms with Gasteiger partial charge < -0.3 is 11.1 Å². The van der Waals surface area contributed by atoms with Gasteiger partial charge in [0.15, 0.2) is 0 Å². The van der Waals surface area contributed by atoms with Gasteiger partial charge in [-0.05, 0) is 26.1 Å². The molecule has 0 aliphatic heterocycles. The predicted molar refractivity (Wildman–Crippen MR) is 53.3 cm³/mol. The van der Waals surface area contributed by atoms with Crippen LogP contribution in [0, 0.1) is 5.82 Å². The number of hydrogen-bond acceptors (Lipinski definition) is 2. The van der Waals surface area contributed by atoms with E-state index in [1.54, 1.807) is 13.1 Å². The van der Waals surface area contributed by atoms with Crippen molar-refractivity contribution in [3.8, 4) is 0 Å². The summed E-state index contributed by atoms with van der Waals surface area (Å²) in [7, 11) is 1.76. The summed E-state index contributed by atoms with van der Waals surface area (Å²) in [6.45, 7) is 1.85. The monoisotopic (exact) mass is 202 g/mol. The smallest absolute Gasteiger partial charge is 0.130 e. The minimum Gasteiger partial charge on any atom is -0.397 e. The Labute approximate surface area is 81.9 Å². The Morgan fingerprint density at radius 1 is 1.54 bits per heavy atom. The molecule has 4 heteroatoms. The molecule has 1 aromatic rings. The van der Waals surface area contributed by atoms with E-state index in [1.807, 2.05) is 6.92 Å². The number of benzene rings is 1. The SMILES string of the molecule is CN[C@H](C)c1cc(Cl)c(N)cc1F. The third kappa shape index (κ3) is 2.11. The highest BCUT2D eigenvalue weighted by molar-refractivity contribution is 6.33. The highest BCUT2D eigenvalue weighted by atomic mass is 35.5. The zero-order valence-corrected chi connectivity index (χ0v) is 8.32. The van der Waals surface area contributed by atoms with Crippen molar-refractivity contribution >= 4 is 17.3 Å². The molecule has 0 saturated carbocycles. The number of nitrogen functional groups attached to an aromatic ring is 1. The average Bonchev–Trinajstić information content (AvgIpc) is 2.10. The summed E-state index contributed by atoms with van der Waals surface area (Å²) < 4.78 is 13.3. The van der Waals surface area contributed by atoms with Crippen LogP contribution in [0.25, 0.3) is 0 Å². The van der Waals surface area contributed by atoms with E-state index in [0.29, 0.717) is 10.6 Å². The second-order valence-electron chi connectivity index (χ2n) is 2.91. The van der Waals surface area contributed by atoms with Crippen molar-refractivity contribution in [2.24, 2.45) is 0 Å². The molecule has 0 fully saturated rings. The van der Waals surface area contributed by atoms with E-state index in [1.165, 1.54) is 6.07 Å². The summed E-state index contributed by atoms with van der Waals surface area (Å²) in [5, 5.41) is 3.32. The highest BCUT2D eigenvalue weighted by Crippen LogP contribution is 2.26. The predicted octanol–water partition coefficient (Wildman–Crippen LogP) is 2.34. The molecule has 1 rings (SSSR count). The Morgan fingerprint density at radius 2 is 2.15 bits per heavy atom. The van der Waals surface area contributed by atoms with Crippen LogP contribution in [0.2, 0.25) is 5.02 Å². The van der Waals surface area contributed by atoms with Crippen LogP contribution < -0.4 is 11.1 Å². The number of nitrogens with two attached hydrogens (primary N) is 1. The standard InChI is InChI=1S/C9H12ClFN2/c1-5(13-2)6-3-7(10)9(12)4-8(6)11/h3-5,13H,12H2,1-2H3/t5-/m1/s1. The minimum atomic E-state index is -0.330. The van der Waals surface area contributed by atoms with Crippen LogP contribution in [-0.2, 0) is 0 Å². The number of rotatable bonds is 2. The zero-order valence-electron chi connectivity index (χ0n) is 7.57. The molecule has 0 aliphatic rings. The van der Waals surface area contributed by atoms with E-state index < -0.39 is 0 Å². The molecule has 13 heavy (non-hydrogen) atoms. The minimum absolute atomic E-state index is 0.0712. The van der Waals surface area contributed by atoms with Crippen LogP contribution >= 0.6 is 11.6 Å². The van der Waals surface area contributed by atoms with Crippen molar-refractivity contribution in [1.82, 2.24) is 5.32 Å². The van der Waals surface area contributed by atoms with Crippen LogP contribution in [0.3, 0.4) is 0 Å². The number of halogens is 2. The van der Waals surface area contributed by atoms with Gasteiger partial charge >= 0.3 is 0 Å². The lowest BCUT2D eigenvalue weighted by Crippen LogP contribution is -2.14. The lowest BCUT2D eigenvalue weighted by molar-refractivity contribution is 0.562. The first-order valence-electron chi connectivity index (χ1n) is 3.98. The van der Waals surface area contributed by atoms with Crippen molar-refractivity contribution in [3.05, 3.63) is 28.5 Å². The Balaban J connectivity index is 3.15. The molecular formula is C9H12ClFN2. The first-order valence-corrected chi connectivity index (χ1v) is 4.35. The Morgan fingerprint density at radius 3 is 2.69 bits per heavy atom. The molecule has 72 valence electrons. The quantitative estimate of drug-likeness (QED) is 0.723. The van der Waals surface area contributed by atoms with Crippen LogP contribution in [0.1, 0.15) is 18.5 Å². The van der Waals surface area contributed by atoms with Gasteiger partial charge in [0.05, 0.1) is 10.7 Å². The second kappa shape index (κ2) is 3.94. The van der Waals surface area contributed by atoms with Gasteiger partial charge in [0.1, 0.15) is 5.82 Å². The molecule has 0 saturated heterocycles. The maximum absolute atomic E-state index is 13.3. The molecule has 0 heterocycles. The maximum atomic E-state index is 13.3. The topological polar surface area (TPSA) is 38.0 Å². The lowest BCUT2D eigenvalue weighted by atomic mass is 10.1. The fourth-order valence-electron chi connectivity index (χ4n) is 1.06. The van der Waals surface area contributed by atoms with Crippen LogP contribution in [0.4, 0.5) is 10.1 Å². The largest absolute Gasteiger partial charge is 0.397 e. The van der Waals surface area contributed by atoms with Crippen LogP contribution in [-0.4, -0.2) is 7.05 Å². The van der Waals surface area contributed by atoms with E-state index in [2.05, 4.69) is 5.32 Å². The van der Waals surface area contributed by atoms with Gasteiger partial charge in [-0.2, -0.15) is 0 Å². The molecule has 0 bridgehead atoms. The van der Waals surface area contributed by atoms with Gasteiger partial charge in [-0.25, -0.2) is 4.39 Å². The summed E-state index contributed by atoms with van der Waals surface area (Å²) >= 11 is 5.77. The molecular weight excluding hydrogens is 191 g/mol. The summed E-state index contributed by atoms with van der Waals surface area (Å²) in [4.78, 5) is 0. The molecule has 0 spiro atoms. The van der Waals surface area contributed by atoms with E-state index in [0.717, 1.165) is 0 Å². The first-order chi connectivity index (χ1) is 6.06. The third-order valence-electron chi connectivity index (χ3n) is 2.02. The summed E-state index contributed by atoms with van der Waals surface area (Å²) in [5.74, 6) is -0.330. The Bertz CT molecular complexity index is 315. The second-order valence-corrected chi connectivity index (χ2v) is 3.31. The van der Waals surface area contributed by atoms with Gasteiger partial charge in [0, 0.05) is 11.6 Å². The molecule has 0 radical (unpaired) electrons. The van der Waals surface area contributed by atoms with E-state index in [-0.39, 0.29) is 17.5 Å². The van der Waals surface area contributed by atoms with Gasteiger partial charge in [-0.15, -0.1) is 0 Å². The molecule has 0 aliphatic carbocycles. The fraction of sp³-hybridized carbons (Fsp3) is 0.333. The number of hydrogen-bond donors (Lipinski definition) is 2. The van der Waals surface area contributed by atoms with Crippen molar-refractivity contribution in [3.63, 3.8) is 0 Å². The summed E-state index contributed by atoms with van der Waals surface area (Å²) in [6, 6.07) is 2.72. The third-order valence-corrected chi connectivity index (χ3v) is 2.34. The summed E-state index contributed by atoms with van der Waals surface area (Å²) in [6.07, 6.45) is 0. The molecule has 0 amide bonds. The van der Waals surface area contributed by atoms with Crippen molar-refractivity contribution in [1.29, 1.82) is 0 Å². The molecule has 0 unspecified atom stereocenters. The molecule has 2 nitrogen and oxygen atoms in total. The molecule has 0 aromatic heterocycles. The first kappa shape index (κ1) is 10.3. The Kier molecular flexibility index (Phi) is 3.12.